The number of thiazole rings is 1. The van der Waals surface area contributed by atoms with Gasteiger partial charge in [-0.05, 0) is 83.7 Å². The van der Waals surface area contributed by atoms with Gasteiger partial charge in [0.1, 0.15) is 11.4 Å². The van der Waals surface area contributed by atoms with Crippen molar-refractivity contribution >= 4 is 45.2 Å². The van der Waals surface area contributed by atoms with Crippen molar-refractivity contribution in [3.8, 4) is 0 Å². The molecule has 7 N–H and O–H groups in total. The van der Waals surface area contributed by atoms with Gasteiger partial charge in [0.05, 0.1) is 0 Å². The largest absolute Gasteiger partial charge is 0.477 e. The number of aromatic amines is 1. The predicted octanol–water partition coefficient (Wildman–Crippen LogP) is 3.51. The van der Waals surface area contributed by atoms with Gasteiger partial charge in [-0.1, -0.05) is 0 Å². The highest BCUT2D eigenvalue weighted by atomic mass is 32.1. The van der Waals surface area contributed by atoms with Crippen LogP contribution < -0.4 is 21.7 Å². The third-order valence-corrected chi connectivity index (χ3v) is 7.25. The maximum atomic E-state index is 13.0. The number of fused-ring (bicyclic) bond motifs is 1. The maximum Gasteiger partial charge on any atom is 0.352 e. The molecule has 1 saturated heterocycles. The number of carboxylic acids is 1. The molecule has 10 nitrogen and oxygen atoms in total. The molecule has 4 rings (SSSR count). The van der Waals surface area contributed by atoms with Gasteiger partial charge in [-0.15, -0.1) is 11.3 Å². The molecule has 3 heterocycles. The molecular weight excluding hydrogens is 492 g/mol. The van der Waals surface area contributed by atoms with Crippen molar-refractivity contribution in [2.24, 2.45) is 5.73 Å². The summed E-state index contributed by atoms with van der Waals surface area (Å²) in [4.78, 5) is 44.8. The fraction of sp³-hybridized carbons (Fsp3) is 0.462. The molecule has 0 saturated carbocycles. The number of carbonyl (C=O) groups is 3. The molecule has 3 aromatic rings. The average molecular weight is 527 g/mol. The summed E-state index contributed by atoms with van der Waals surface area (Å²) >= 11 is 1.17. The maximum absolute atomic E-state index is 13.0. The number of rotatable bonds is 8. The van der Waals surface area contributed by atoms with Crippen LogP contribution in [0.15, 0.2) is 23.6 Å². The van der Waals surface area contributed by atoms with Gasteiger partial charge in [0.15, 0.2) is 5.13 Å². The van der Waals surface area contributed by atoms with E-state index in [1.165, 1.54) is 11.3 Å². The standard InChI is InChI=1S/C26H34N6O4S/c1-25(2)11-15(12-26(3,4)32-25)28-22(34)19-13-37-24(30-19)31-21(33)14-7-8-18-17(10-14)16(6-5-9-27)20(29-18)23(35)36/h7-8,10,13,15,29,32H,5-6,9,11-12,27H2,1-4H3,(H,28,34)(H,35,36)(H,30,31,33). The topological polar surface area (TPSA) is 162 Å². The van der Waals surface area contributed by atoms with E-state index in [4.69, 9.17) is 5.73 Å². The Bertz CT molecular complexity index is 1330. The molecule has 2 amide bonds. The van der Waals surface area contributed by atoms with Crippen LogP contribution in [0.1, 0.15) is 83.9 Å². The van der Waals surface area contributed by atoms with Crippen molar-refractivity contribution in [1.29, 1.82) is 0 Å². The first-order chi connectivity index (χ1) is 17.4. The van der Waals surface area contributed by atoms with Crippen molar-refractivity contribution in [3.05, 3.63) is 46.1 Å². The van der Waals surface area contributed by atoms with Crippen LogP contribution in [0.3, 0.4) is 0 Å². The number of aromatic carboxylic acids is 1. The summed E-state index contributed by atoms with van der Waals surface area (Å²) < 4.78 is 0. The predicted molar refractivity (Wildman–Crippen MR) is 144 cm³/mol. The molecule has 0 radical (unpaired) electrons. The molecule has 0 spiro atoms. The second-order valence-corrected chi connectivity index (χ2v) is 11.8. The number of H-pyrrole nitrogens is 1. The molecule has 2 aromatic heterocycles. The number of piperidine rings is 1. The summed E-state index contributed by atoms with van der Waals surface area (Å²) in [6.45, 7) is 8.92. The second kappa shape index (κ2) is 10.2. The Kier molecular flexibility index (Phi) is 7.40. The van der Waals surface area contributed by atoms with Gasteiger partial charge >= 0.3 is 5.97 Å². The van der Waals surface area contributed by atoms with E-state index >= 15 is 0 Å². The molecule has 1 aromatic carbocycles. The fourth-order valence-corrected chi connectivity index (χ4v) is 6.08. The van der Waals surface area contributed by atoms with E-state index in [9.17, 15) is 19.5 Å². The van der Waals surface area contributed by atoms with E-state index in [2.05, 4.69) is 53.6 Å². The van der Waals surface area contributed by atoms with Crippen LogP contribution in [0.2, 0.25) is 0 Å². The van der Waals surface area contributed by atoms with Gasteiger partial charge < -0.3 is 26.5 Å². The molecule has 0 bridgehead atoms. The molecular formula is C26H34N6O4S. The van der Waals surface area contributed by atoms with E-state index in [1.807, 2.05) is 0 Å². The van der Waals surface area contributed by atoms with Crippen LogP contribution in [0.25, 0.3) is 10.9 Å². The van der Waals surface area contributed by atoms with Crippen molar-refractivity contribution in [2.45, 2.75) is 70.5 Å². The number of hydrogen-bond donors (Lipinski definition) is 6. The Labute approximate surface area is 219 Å². The number of carboxylic acid groups (broad SMARTS) is 1. The van der Waals surface area contributed by atoms with Crippen LogP contribution in [0.5, 0.6) is 0 Å². The zero-order valence-corrected chi connectivity index (χ0v) is 22.3. The molecule has 37 heavy (non-hydrogen) atoms. The summed E-state index contributed by atoms with van der Waals surface area (Å²) in [6, 6.07) is 4.98. The smallest absolute Gasteiger partial charge is 0.352 e. The van der Waals surface area contributed by atoms with E-state index < -0.39 is 11.9 Å². The molecule has 198 valence electrons. The third-order valence-electron chi connectivity index (χ3n) is 6.50. The lowest BCUT2D eigenvalue weighted by atomic mass is 9.79. The molecule has 1 fully saturated rings. The first-order valence-corrected chi connectivity index (χ1v) is 13.2. The lowest BCUT2D eigenvalue weighted by Gasteiger charge is -2.46. The molecule has 1 aliphatic heterocycles. The number of benzene rings is 1. The molecule has 11 heteroatoms. The number of aromatic nitrogens is 2. The monoisotopic (exact) mass is 526 g/mol. The quantitative estimate of drug-likeness (QED) is 0.262. The van der Waals surface area contributed by atoms with Gasteiger partial charge in [0.2, 0.25) is 0 Å². The van der Waals surface area contributed by atoms with Crippen molar-refractivity contribution in [1.82, 2.24) is 20.6 Å². The number of nitrogens with one attached hydrogen (secondary N) is 4. The van der Waals surface area contributed by atoms with Crippen LogP contribution in [-0.4, -0.2) is 56.5 Å². The van der Waals surface area contributed by atoms with Gasteiger partial charge in [-0.2, -0.15) is 0 Å². The zero-order chi connectivity index (χ0) is 27.0. The molecule has 0 aliphatic carbocycles. The van der Waals surface area contributed by atoms with Gasteiger partial charge in [-0.25, -0.2) is 9.78 Å². The summed E-state index contributed by atoms with van der Waals surface area (Å²) in [6.07, 6.45) is 2.71. The highest BCUT2D eigenvalue weighted by Crippen LogP contribution is 2.29. The van der Waals surface area contributed by atoms with Crippen LogP contribution in [0.4, 0.5) is 5.13 Å². The second-order valence-electron chi connectivity index (χ2n) is 10.9. The summed E-state index contributed by atoms with van der Waals surface area (Å²) in [5.41, 5.74) is 7.40. The number of nitrogens with two attached hydrogens (primary N) is 1. The van der Waals surface area contributed by atoms with Gasteiger partial charge in [0, 0.05) is 39.0 Å². The Morgan fingerprint density at radius 3 is 2.51 bits per heavy atom. The number of hydrogen-bond acceptors (Lipinski definition) is 7. The highest BCUT2D eigenvalue weighted by Gasteiger charge is 2.38. The van der Waals surface area contributed by atoms with E-state index in [0.717, 1.165) is 12.8 Å². The lowest BCUT2D eigenvalue weighted by Crippen LogP contribution is -2.62. The fourth-order valence-electron chi connectivity index (χ4n) is 5.40. The number of carbonyl (C=O) groups excluding carboxylic acids is 2. The summed E-state index contributed by atoms with van der Waals surface area (Å²) in [7, 11) is 0. The average Bonchev–Trinajstić information content (AvgIpc) is 3.39. The van der Waals surface area contributed by atoms with Crippen molar-refractivity contribution < 1.29 is 19.5 Å². The van der Waals surface area contributed by atoms with E-state index in [1.54, 1.807) is 23.6 Å². The normalized spacial score (nSPS) is 17.0. The van der Waals surface area contributed by atoms with Crippen LogP contribution in [-0.2, 0) is 6.42 Å². The Balaban J connectivity index is 1.47. The van der Waals surface area contributed by atoms with Crippen molar-refractivity contribution in [3.63, 3.8) is 0 Å². The number of aryl methyl sites for hydroxylation is 1. The van der Waals surface area contributed by atoms with Crippen LogP contribution in [0, 0.1) is 0 Å². The van der Waals surface area contributed by atoms with Gasteiger partial charge in [-0.3, -0.25) is 14.9 Å². The molecule has 0 atom stereocenters. The van der Waals surface area contributed by atoms with E-state index in [0.29, 0.717) is 46.5 Å². The number of amides is 2. The number of nitrogens with zero attached hydrogens (tertiary/aromatic N) is 1. The zero-order valence-electron chi connectivity index (χ0n) is 21.5. The summed E-state index contributed by atoms with van der Waals surface area (Å²) in [5.74, 6) is -1.72. The Morgan fingerprint density at radius 1 is 1.16 bits per heavy atom. The minimum Gasteiger partial charge on any atom is -0.477 e. The van der Waals surface area contributed by atoms with E-state index in [-0.39, 0.29) is 34.4 Å². The van der Waals surface area contributed by atoms with Gasteiger partial charge in [0.25, 0.3) is 11.8 Å². The Morgan fingerprint density at radius 2 is 1.86 bits per heavy atom. The molecule has 0 unspecified atom stereocenters. The molecule has 1 aliphatic rings. The van der Waals surface area contributed by atoms with Crippen LogP contribution >= 0.6 is 11.3 Å². The third kappa shape index (κ3) is 6.17. The minimum absolute atomic E-state index is 0.00993. The highest BCUT2D eigenvalue weighted by molar-refractivity contribution is 7.14. The lowest BCUT2D eigenvalue weighted by molar-refractivity contribution is 0.0689. The first-order valence-electron chi connectivity index (χ1n) is 12.3. The Hall–Kier alpha value is -3.28. The first kappa shape index (κ1) is 26.8. The SMILES string of the molecule is CC1(C)CC(NC(=O)c2csc(NC(=O)c3ccc4[nH]c(C(=O)O)c(CCCN)c4c3)n2)CC(C)(C)N1. The minimum atomic E-state index is -1.06. The summed E-state index contributed by atoms with van der Waals surface area (Å²) in [5, 5.41) is 21.6. The number of anilines is 1. The van der Waals surface area contributed by atoms with Crippen molar-refractivity contribution in [2.75, 3.05) is 11.9 Å².